The molecule has 0 spiro atoms. The van der Waals surface area contributed by atoms with Gasteiger partial charge in [0.1, 0.15) is 0 Å². The van der Waals surface area contributed by atoms with E-state index in [9.17, 15) is 18.0 Å². The highest BCUT2D eigenvalue weighted by Gasteiger charge is 2.41. The van der Waals surface area contributed by atoms with Crippen LogP contribution in [0.2, 0.25) is 0 Å². The van der Waals surface area contributed by atoms with Crippen LogP contribution in [0, 0.1) is 5.92 Å². The molecule has 0 aromatic rings. The van der Waals surface area contributed by atoms with Gasteiger partial charge in [-0.05, 0) is 26.7 Å². The zero-order valence-electron chi connectivity index (χ0n) is 9.47. The molecule has 16 heavy (non-hydrogen) atoms. The summed E-state index contributed by atoms with van der Waals surface area (Å²) in [7, 11) is 0. The van der Waals surface area contributed by atoms with Crippen LogP contribution in [0.1, 0.15) is 26.7 Å². The first-order chi connectivity index (χ1) is 7.30. The molecular formula is C10H17F3N2O. The quantitative estimate of drug-likeness (QED) is 0.747. The average molecular weight is 238 g/mol. The second kappa shape index (κ2) is 4.93. The zero-order chi connectivity index (χ0) is 12.3. The maximum absolute atomic E-state index is 12.4. The Balaban J connectivity index is 2.40. The monoisotopic (exact) mass is 238 g/mol. The first-order valence-electron chi connectivity index (χ1n) is 5.43. The third-order valence-corrected chi connectivity index (χ3v) is 2.66. The van der Waals surface area contributed by atoms with E-state index in [4.69, 9.17) is 0 Å². The predicted molar refractivity (Wildman–Crippen MR) is 54.0 cm³/mol. The van der Waals surface area contributed by atoms with Gasteiger partial charge < -0.3 is 10.2 Å². The SMILES string of the molecule is CC(C)NC(=O)N1CCC(C(F)(F)F)CC1. The molecule has 1 saturated heterocycles. The van der Waals surface area contributed by atoms with E-state index < -0.39 is 12.1 Å². The van der Waals surface area contributed by atoms with E-state index in [-0.39, 0.29) is 38.0 Å². The number of nitrogens with zero attached hydrogens (tertiary/aromatic N) is 1. The number of rotatable bonds is 1. The van der Waals surface area contributed by atoms with Crippen LogP contribution in [0.5, 0.6) is 0 Å². The molecule has 1 aliphatic heterocycles. The van der Waals surface area contributed by atoms with E-state index >= 15 is 0 Å². The molecule has 0 bridgehead atoms. The van der Waals surface area contributed by atoms with Gasteiger partial charge in [-0.1, -0.05) is 0 Å². The number of nitrogens with one attached hydrogen (secondary N) is 1. The Bertz CT molecular complexity index is 245. The molecule has 0 atom stereocenters. The highest BCUT2D eigenvalue weighted by molar-refractivity contribution is 5.74. The summed E-state index contributed by atoms with van der Waals surface area (Å²) in [4.78, 5) is 12.9. The molecule has 3 nitrogen and oxygen atoms in total. The Labute approximate surface area is 93.0 Å². The fourth-order valence-electron chi connectivity index (χ4n) is 1.75. The number of alkyl halides is 3. The average Bonchev–Trinajstić information content (AvgIpc) is 2.15. The lowest BCUT2D eigenvalue weighted by Gasteiger charge is -2.33. The highest BCUT2D eigenvalue weighted by atomic mass is 19.4. The molecule has 0 aliphatic carbocycles. The second-order valence-electron chi connectivity index (χ2n) is 4.41. The van der Waals surface area contributed by atoms with E-state index in [0.717, 1.165) is 0 Å². The zero-order valence-corrected chi connectivity index (χ0v) is 9.47. The maximum Gasteiger partial charge on any atom is 0.391 e. The van der Waals surface area contributed by atoms with Crippen LogP contribution in [0.15, 0.2) is 0 Å². The number of likely N-dealkylation sites (tertiary alicyclic amines) is 1. The molecule has 1 fully saturated rings. The first kappa shape index (κ1) is 13.1. The molecule has 94 valence electrons. The third kappa shape index (κ3) is 3.57. The summed E-state index contributed by atoms with van der Waals surface area (Å²) in [6, 6.07) is -0.261. The summed E-state index contributed by atoms with van der Waals surface area (Å²) >= 11 is 0. The molecule has 1 rings (SSSR count). The van der Waals surface area contributed by atoms with Crippen molar-refractivity contribution in [3.63, 3.8) is 0 Å². The van der Waals surface area contributed by atoms with Crippen LogP contribution in [0.4, 0.5) is 18.0 Å². The van der Waals surface area contributed by atoms with Gasteiger partial charge >= 0.3 is 12.2 Å². The van der Waals surface area contributed by atoms with Gasteiger partial charge in [0.2, 0.25) is 0 Å². The van der Waals surface area contributed by atoms with Crippen molar-refractivity contribution in [1.29, 1.82) is 0 Å². The summed E-state index contributed by atoms with van der Waals surface area (Å²) in [5, 5.41) is 2.67. The molecule has 0 saturated carbocycles. The van der Waals surface area contributed by atoms with Gasteiger partial charge in [-0.25, -0.2) is 4.79 Å². The van der Waals surface area contributed by atoms with Crippen LogP contribution in [0.25, 0.3) is 0 Å². The topological polar surface area (TPSA) is 32.3 Å². The number of carbonyl (C=O) groups is 1. The van der Waals surface area contributed by atoms with Crippen molar-refractivity contribution in [2.24, 2.45) is 5.92 Å². The van der Waals surface area contributed by atoms with Gasteiger partial charge in [0.15, 0.2) is 0 Å². The molecule has 0 aromatic heterocycles. The highest BCUT2D eigenvalue weighted by Crippen LogP contribution is 2.33. The fraction of sp³-hybridized carbons (Fsp3) is 0.900. The number of carbonyl (C=O) groups excluding carboxylic acids is 1. The Hall–Kier alpha value is -0.940. The third-order valence-electron chi connectivity index (χ3n) is 2.66. The normalized spacial score (nSPS) is 19.0. The van der Waals surface area contributed by atoms with Crippen LogP contribution >= 0.6 is 0 Å². The van der Waals surface area contributed by atoms with Gasteiger partial charge in [-0.3, -0.25) is 0 Å². The Morgan fingerprint density at radius 3 is 2.19 bits per heavy atom. The minimum atomic E-state index is -4.12. The molecule has 6 heteroatoms. The molecule has 0 unspecified atom stereocenters. The van der Waals surface area contributed by atoms with Crippen LogP contribution < -0.4 is 5.32 Å². The summed E-state index contributed by atoms with van der Waals surface area (Å²) < 4.78 is 37.1. The molecular weight excluding hydrogens is 221 g/mol. The lowest BCUT2D eigenvalue weighted by Crippen LogP contribution is -2.48. The standard InChI is InChI=1S/C10H17F3N2O/c1-7(2)14-9(16)15-5-3-8(4-6-15)10(11,12)13/h7-8H,3-6H2,1-2H3,(H,14,16). The van der Waals surface area contributed by atoms with Gasteiger partial charge in [-0.15, -0.1) is 0 Å². The number of urea groups is 1. The number of piperidine rings is 1. The van der Waals surface area contributed by atoms with Crippen molar-refractivity contribution in [2.45, 2.75) is 38.9 Å². The summed E-state index contributed by atoms with van der Waals surface area (Å²) in [5.41, 5.74) is 0. The number of amides is 2. The molecule has 1 N–H and O–H groups in total. The van der Waals surface area contributed by atoms with Gasteiger partial charge in [-0.2, -0.15) is 13.2 Å². The van der Waals surface area contributed by atoms with Crippen LogP contribution in [-0.4, -0.2) is 36.2 Å². The number of hydrogen-bond donors (Lipinski definition) is 1. The fourth-order valence-corrected chi connectivity index (χ4v) is 1.75. The maximum atomic E-state index is 12.4. The molecule has 1 heterocycles. The minimum absolute atomic E-state index is 0.00726. The van der Waals surface area contributed by atoms with Crippen molar-refractivity contribution in [3.8, 4) is 0 Å². The Morgan fingerprint density at radius 1 is 1.31 bits per heavy atom. The molecule has 0 aromatic carbocycles. The van der Waals surface area contributed by atoms with Crippen LogP contribution in [0.3, 0.4) is 0 Å². The smallest absolute Gasteiger partial charge is 0.336 e. The number of hydrogen-bond acceptors (Lipinski definition) is 1. The number of halogens is 3. The lowest BCUT2D eigenvalue weighted by atomic mass is 9.96. The molecule has 1 aliphatic rings. The lowest BCUT2D eigenvalue weighted by molar-refractivity contribution is -0.183. The largest absolute Gasteiger partial charge is 0.391 e. The summed E-state index contributed by atoms with van der Waals surface area (Å²) in [6.45, 7) is 4.01. The van der Waals surface area contributed by atoms with E-state index in [1.807, 2.05) is 13.8 Å². The van der Waals surface area contributed by atoms with Crippen LogP contribution in [-0.2, 0) is 0 Å². The minimum Gasteiger partial charge on any atom is -0.336 e. The van der Waals surface area contributed by atoms with Crippen molar-refractivity contribution < 1.29 is 18.0 Å². The van der Waals surface area contributed by atoms with Gasteiger partial charge in [0.25, 0.3) is 0 Å². The van der Waals surface area contributed by atoms with E-state index in [2.05, 4.69) is 5.32 Å². The summed E-state index contributed by atoms with van der Waals surface area (Å²) in [6.07, 6.45) is -4.11. The van der Waals surface area contributed by atoms with E-state index in [1.54, 1.807) is 0 Å². The predicted octanol–water partition coefficient (Wildman–Crippen LogP) is 2.38. The van der Waals surface area contributed by atoms with Gasteiger partial charge in [0, 0.05) is 19.1 Å². The summed E-state index contributed by atoms with van der Waals surface area (Å²) in [5.74, 6) is -1.25. The van der Waals surface area contributed by atoms with Crippen molar-refractivity contribution in [3.05, 3.63) is 0 Å². The molecule has 0 radical (unpaired) electrons. The van der Waals surface area contributed by atoms with Crippen molar-refractivity contribution >= 4 is 6.03 Å². The Kier molecular flexibility index (Phi) is 4.04. The van der Waals surface area contributed by atoms with Crippen molar-refractivity contribution in [1.82, 2.24) is 10.2 Å². The van der Waals surface area contributed by atoms with Crippen molar-refractivity contribution in [2.75, 3.05) is 13.1 Å². The molecule has 2 amide bonds. The van der Waals surface area contributed by atoms with Gasteiger partial charge in [0.05, 0.1) is 5.92 Å². The van der Waals surface area contributed by atoms with E-state index in [1.165, 1.54) is 4.90 Å². The first-order valence-corrected chi connectivity index (χ1v) is 5.43. The van der Waals surface area contributed by atoms with E-state index in [0.29, 0.717) is 0 Å². The second-order valence-corrected chi connectivity index (χ2v) is 4.41. The Morgan fingerprint density at radius 2 is 1.81 bits per heavy atom.